The minimum atomic E-state index is -0.109. The number of carbonyl (C=O) groups excluding carboxylic acids is 2. The number of aryl methyl sites for hydroxylation is 1. The lowest BCUT2D eigenvalue weighted by Gasteiger charge is -2.49. The second-order valence-electron chi connectivity index (χ2n) is 7.99. The normalized spacial score (nSPS) is 25.3. The number of ether oxygens (including phenoxy) is 1. The summed E-state index contributed by atoms with van der Waals surface area (Å²) in [7, 11) is 1.76. The van der Waals surface area contributed by atoms with E-state index in [-0.39, 0.29) is 29.1 Å². The third kappa shape index (κ3) is 3.60. The predicted octanol–water partition coefficient (Wildman–Crippen LogP) is 0.743. The van der Waals surface area contributed by atoms with Crippen LogP contribution < -0.4 is 5.32 Å². The van der Waals surface area contributed by atoms with E-state index in [4.69, 9.17) is 4.74 Å². The average molecular weight is 361 g/mol. The monoisotopic (exact) mass is 361 g/mol. The summed E-state index contributed by atoms with van der Waals surface area (Å²) in [6.07, 6.45) is 7.24. The maximum atomic E-state index is 12.6. The first-order valence-electron chi connectivity index (χ1n) is 9.58. The van der Waals surface area contributed by atoms with Crippen LogP contribution in [0.5, 0.6) is 0 Å². The van der Waals surface area contributed by atoms with Crippen LogP contribution in [0.3, 0.4) is 0 Å². The topological polar surface area (TPSA) is 89.4 Å². The van der Waals surface area contributed by atoms with Gasteiger partial charge in [0.05, 0.1) is 12.6 Å². The predicted molar refractivity (Wildman–Crippen MR) is 93.3 cm³/mol. The molecule has 1 N–H and O–H groups in total. The maximum absolute atomic E-state index is 12.6. The van der Waals surface area contributed by atoms with Crippen LogP contribution >= 0.6 is 0 Å². The highest BCUT2D eigenvalue weighted by atomic mass is 16.5. The standard InChI is InChI=1S/C18H27N5O3/c1-22-12-19-16(21-22)17(25)23-7-4-18(5-8-23)6-9-26-11-14(18)20-15(24)10-13-2-3-13/h12-14H,2-11H2,1H3,(H,20,24)/t14-/m1/s1. The minimum Gasteiger partial charge on any atom is -0.379 e. The molecular formula is C18H27N5O3. The summed E-state index contributed by atoms with van der Waals surface area (Å²) in [5, 5.41) is 7.35. The molecule has 0 unspecified atom stereocenters. The fraction of sp³-hybridized carbons (Fsp3) is 0.778. The number of likely N-dealkylation sites (tertiary alicyclic amines) is 1. The fourth-order valence-electron chi connectivity index (χ4n) is 4.19. The third-order valence-corrected chi connectivity index (χ3v) is 6.11. The Bertz CT molecular complexity index is 676. The molecule has 0 aromatic carbocycles. The van der Waals surface area contributed by atoms with E-state index in [0.29, 0.717) is 32.0 Å². The Kier molecular flexibility index (Phi) is 4.69. The number of amides is 2. The van der Waals surface area contributed by atoms with Crippen LogP contribution in [-0.4, -0.2) is 63.8 Å². The first-order chi connectivity index (χ1) is 12.6. The van der Waals surface area contributed by atoms with Crippen molar-refractivity contribution in [1.82, 2.24) is 25.0 Å². The second-order valence-corrected chi connectivity index (χ2v) is 7.99. The van der Waals surface area contributed by atoms with Crippen molar-refractivity contribution in [1.29, 1.82) is 0 Å². The summed E-state index contributed by atoms with van der Waals surface area (Å²) in [4.78, 5) is 30.8. The van der Waals surface area contributed by atoms with Crippen molar-refractivity contribution in [3.8, 4) is 0 Å². The molecule has 3 aliphatic rings. The lowest BCUT2D eigenvalue weighted by Crippen LogP contribution is -2.58. The molecule has 142 valence electrons. The van der Waals surface area contributed by atoms with Gasteiger partial charge in [0.1, 0.15) is 6.33 Å². The van der Waals surface area contributed by atoms with Gasteiger partial charge in [-0.15, -0.1) is 5.10 Å². The van der Waals surface area contributed by atoms with Crippen LogP contribution in [0.15, 0.2) is 6.33 Å². The Hall–Kier alpha value is -1.96. The molecule has 1 spiro atoms. The summed E-state index contributed by atoms with van der Waals surface area (Å²) in [5.74, 6) is 0.880. The molecule has 3 fully saturated rings. The second kappa shape index (κ2) is 6.98. The van der Waals surface area contributed by atoms with Gasteiger partial charge >= 0.3 is 0 Å². The molecule has 0 radical (unpaired) electrons. The van der Waals surface area contributed by atoms with Crippen molar-refractivity contribution in [2.75, 3.05) is 26.3 Å². The molecule has 2 saturated heterocycles. The molecule has 4 rings (SSSR count). The molecule has 3 heterocycles. The lowest BCUT2D eigenvalue weighted by atomic mass is 9.69. The van der Waals surface area contributed by atoms with Crippen molar-refractivity contribution in [2.24, 2.45) is 18.4 Å². The number of nitrogens with zero attached hydrogens (tertiary/aromatic N) is 4. The molecule has 1 aromatic rings. The number of rotatable bonds is 4. The summed E-state index contributed by atoms with van der Waals surface area (Å²) in [6.45, 7) is 2.65. The van der Waals surface area contributed by atoms with Crippen LogP contribution in [0.2, 0.25) is 0 Å². The summed E-state index contributed by atoms with van der Waals surface area (Å²) < 4.78 is 7.20. The van der Waals surface area contributed by atoms with Gasteiger partial charge < -0.3 is 15.0 Å². The van der Waals surface area contributed by atoms with Gasteiger partial charge in [0.2, 0.25) is 11.7 Å². The third-order valence-electron chi connectivity index (χ3n) is 6.11. The Morgan fingerprint density at radius 3 is 2.73 bits per heavy atom. The van der Waals surface area contributed by atoms with E-state index in [2.05, 4.69) is 15.4 Å². The summed E-state index contributed by atoms with van der Waals surface area (Å²) in [6, 6.07) is 0.0488. The number of carbonyl (C=O) groups is 2. The molecule has 2 amide bonds. The van der Waals surface area contributed by atoms with Gasteiger partial charge in [0.25, 0.3) is 5.91 Å². The lowest BCUT2D eigenvalue weighted by molar-refractivity contribution is -0.126. The number of aromatic nitrogens is 3. The van der Waals surface area contributed by atoms with Crippen molar-refractivity contribution < 1.29 is 14.3 Å². The van der Waals surface area contributed by atoms with E-state index in [0.717, 1.165) is 25.9 Å². The number of nitrogens with one attached hydrogen (secondary N) is 1. The van der Waals surface area contributed by atoms with Crippen molar-refractivity contribution >= 4 is 11.8 Å². The molecule has 0 bridgehead atoms. The van der Waals surface area contributed by atoms with E-state index in [9.17, 15) is 9.59 Å². The van der Waals surface area contributed by atoms with Crippen molar-refractivity contribution in [3.05, 3.63) is 12.2 Å². The Morgan fingerprint density at radius 2 is 2.08 bits per heavy atom. The molecule has 1 aromatic heterocycles. The first-order valence-corrected chi connectivity index (χ1v) is 9.58. The summed E-state index contributed by atoms with van der Waals surface area (Å²) >= 11 is 0. The highest BCUT2D eigenvalue weighted by Gasteiger charge is 2.45. The number of hydrogen-bond donors (Lipinski definition) is 1. The van der Waals surface area contributed by atoms with Crippen molar-refractivity contribution in [3.63, 3.8) is 0 Å². The highest BCUT2D eigenvalue weighted by molar-refractivity contribution is 5.90. The van der Waals surface area contributed by atoms with Crippen LogP contribution in [0.4, 0.5) is 0 Å². The Morgan fingerprint density at radius 1 is 1.31 bits per heavy atom. The Balaban J connectivity index is 1.38. The van der Waals surface area contributed by atoms with E-state index < -0.39 is 0 Å². The van der Waals surface area contributed by atoms with E-state index in [1.165, 1.54) is 12.8 Å². The molecule has 1 aliphatic carbocycles. The van der Waals surface area contributed by atoms with Gasteiger partial charge in [-0.2, -0.15) is 0 Å². The number of hydrogen-bond acceptors (Lipinski definition) is 5. The summed E-state index contributed by atoms with van der Waals surface area (Å²) in [5.41, 5.74) is 0.0335. The van der Waals surface area contributed by atoms with Crippen LogP contribution in [-0.2, 0) is 16.6 Å². The maximum Gasteiger partial charge on any atom is 0.293 e. The van der Waals surface area contributed by atoms with E-state index >= 15 is 0 Å². The van der Waals surface area contributed by atoms with Gasteiger partial charge in [-0.3, -0.25) is 14.3 Å². The molecule has 1 atom stereocenters. The zero-order chi connectivity index (χ0) is 18.1. The number of piperidine rings is 1. The molecular weight excluding hydrogens is 334 g/mol. The zero-order valence-corrected chi connectivity index (χ0v) is 15.3. The molecule has 8 heteroatoms. The highest BCUT2D eigenvalue weighted by Crippen LogP contribution is 2.41. The molecule has 26 heavy (non-hydrogen) atoms. The Labute approximate surface area is 153 Å². The van der Waals surface area contributed by atoms with Crippen molar-refractivity contribution in [2.45, 2.75) is 44.6 Å². The van der Waals surface area contributed by atoms with Gasteiger partial charge in [-0.1, -0.05) is 0 Å². The average Bonchev–Trinajstić information content (AvgIpc) is 3.34. The van der Waals surface area contributed by atoms with E-state index in [1.807, 2.05) is 4.90 Å². The van der Waals surface area contributed by atoms with Crippen LogP contribution in [0, 0.1) is 11.3 Å². The van der Waals surface area contributed by atoms with Crippen LogP contribution in [0.25, 0.3) is 0 Å². The zero-order valence-electron chi connectivity index (χ0n) is 15.3. The first kappa shape index (κ1) is 17.5. The molecule has 2 aliphatic heterocycles. The van der Waals surface area contributed by atoms with Gasteiger partial charge in [-0.25, -0.2) is 4.98 Å². The van der Waals surface area contributed by atoms with E-state index in [1.54, 1.807) is 18.1 Å². The molecule has 8 nitrogen and oxygen atoms in total. The van der Waals surface area contributed by atoms with Gasteiger partial charge in [0.15, 0.2) is 0 Å². The quantitative estimate of drug-likeness (QED) is 0.854. The van der Waals surface area contributed by atoms with Gasteiger partial charge in [0, 0.05) is 33.2 Å². The van der Waals surface area contributed by atoms with Gasteiger partial charge in [-0.05, 0) is 43.4 Å². The SMILES string of the molecule is Cn1cnc(C(=O)N2CCC3(CCOC[C@H]3NC(=O)CC3CC3)CC2)n1. The minimum absolute atomic E-state index is 0.0335. The fourth-order valence-corrected chi connectivity index (χ4v) is 4.19. The smallest absolute Gasteiger partial charge is 0.293 e. The largest absolute Gasteiger partial charge is 0.379 e. The van der Waals surface area contributed by atoms with Crippen LogP contribution in [0.1, 0.15) is 49.1 Å². The molecule has 1 saturated carbocycles.